The first-order valence-electron chi connectivity index (χ1n) is 10.8. The highest BCUT2D eigenvalue weighted by Gasteiger charge is 2.20. The summed E-state index contributed by atoms with van der Waals surface area (Å²) in [6, 6.07) is 14.0. The van der Waals surface area contributed by atoms with Crippen LogP contribution < -0.4 is 11.1 Å². The number of nitrogens with one attached hydrogen (secondary N) is 1. The summed E-state index contributed by atoms with van der Waals surface area (Å²) in [4.78, 5) is 46.7. The molecule has 5 aromatic heterocycles. The number of hydrogen-bond donors (Lipinski definition) is 2. The zero-order valence-electron chi connectivity index (χ0n) is 18.7. The second-order valence-electron chi connectivity index (χ2n) is 7.76. The molecule has 0 aliphatic carbocycles. The molecule has 0 unspecified atom stereocenters. The summed E-state index contributed by atoms with van der Waals surface area (Å²) in [5.74, 6) is -0.490. The van der Waals surface area contributed by atoms with Gasteiger partial charge in [0.25, 0.3) is 5.91 Å². The van der Waals surface area contributed by atoms with Crippen LogP contribution in [0.5, 0.6) is 0 Å². The average Bonchev–Trinajstić information content (AvgIpc) is 3.26. The quantitative estimate of drug-likeness (QED) is 0.366. The van der Waals surface area contributed by atoms with Crippen molar-refractivity contribution < 1.29 is 9.59 Å². The van der Waals surface area contributed by atoms with Gasteiger partial charge in [-0.1, -0.05) is 6.07 Å². The summed E-state index contributed by atoms with van der Waals surface area (Å²) in [7, 11) is 0. The monoisotopic (exact) mass is 464 g/mol. The van der Waals surface area contributed by atoms with E-state index in [0.29, 0.717) is 39.5 Å². The standard InChI is InChI=1S/C25H20N8O2/c1-15-4-2-6-18(30-15)22-23(19-7-10-28-25(26)31-19)33-11-8-16(12-21(33)32-22)24(35)29-14-20(34)17-5-3-9-27-13-17/h2-13H,14H2,1H3,(H,29,35)(H2,26,28,31). The number of amides is 1. The van der Waals surface area contributed by atoms with Gasteiger partial charge in [0.05, 0.1) is 17.9 Å². The van der Waals surface area contributed by atoms with Crippen LogP contribution in [0, 0.1) is 6.92 Å². The van der Waals surface area contributed by atoms with E-state index in [2.05, 4.69) is 25.3 Å². The Kier molecular flexibility index (Phi) is 5.68. The first-order chi connectivity index (χ1) is 17.0. The van der Waals surface area contributed by atoms with Crippen LogP contribution in [0.25, 0.3) is 28.4 Å². The molecule has 0 saturated heterocycles. The highest BCUT2D eigenvalue weighted by atomic mass is 16.2. The second kappa shape index (κ2) is 9.10. The number of aromatic nitrogens is 6. The fraction of sp³-hybridized carbons (Fsp3) is 0.0800. The zero-order chi connectivity index (χ0) is 24.4. The van der Waals surface area contributed by atoms with Gasteiger partial charge in [-0.2, -0.15) is 0 Å². The van der Waals surface area contributed by atoms with Gasteiger partial charge in [-0.05, 0) is 49.4 Å². The molecule has 0 fully saturated rings. The van der Waals surface area contributed by atoms with Gasteiger partial charge < -0.3 is 11.1 Å². The van der Waals surface area contributed by atoms with Crippen LogP contribution in [0.4, 0.5) is 5.95 Å². The minimum atomic E-state index is -0.393. The van der Waals surface area contributed by atoms with E-state index in [9.17, 15) is 9.59 Å². The van der Waals surface area contributed by atoms with Crippen LogP contribution in [-0.2, 0) is 0 Å². The van der Waals surface area contributed by atoms with Crippen LogP contribution in [0.3, 0.4) is 0 Å². The number of fused-ring (bicyclic) bond motifs is 1. The number of ketones is 1. The first-order valence-corrected chi connectivity index (χ1v) is 10.8. The number of rotatable bonds is 6. The Balaban J connectivity index is 1.51. The van der Waals surface area contributed by atoms with E-state index >= 15 is 0 Å². The van der Waals surface area contributed by atoms with Gasteiger partial charge in [-0.15, -0.1) is 0 Å². The molecule has 5 rings (SSSR count). The van der Waals surface area contributed by atoms with E-state index in [1.165, 1.54) is 6.20 Å². The SMILES string of the molecule is Cc1cccc(-c2nc3cc(C(=O)NCC(=O)c4cccnc4)ccn3c2-c2ccnc(N)n2)n1. The predicted octanol–water partition coefficient (Wildman–Crippen LogP) is 2.75. The molecule has 35 heavy (non-hydrogen) atoms. The van der Waals surface area contributed by atoms with Gasteiger partial charge in [-0.25, -0.2) is 15.0 Å². The van der Waals surface area contributed by atoms with Crippen molar-refractivity contribution in [2.75, 3.05) is 12.3 Å². The molecule has 0 aromatic carbocycles. The Morgan fingerprint density at radius 1 is 0.971 bits per heavy atom. The van der Waals surface area contributed by atoms with Crippen molar-refractivity contribution in [1.82, 2.24) is 34.6 Å². The van der Waals surface area contributed by atoms with Crippen molar-refractivity contribution in [1.29, 1.82) is 0 Å². The summed E-state index contributed by atoms with van der Waals surface area (Å²) in [5.41, 5.74) is 10.5. The van der Waals surface area contributed by atoms with E-state index in [-0.39, 0.29) is 18.3 Å². The molecule has 0 bridgehead atoms. The minimum Gasteiger partial charge on any atom is -0.368 e. The number of imidazole rings is 1. The number of nitrogens with zero attached hydrogens (tertiary/aromatic N) is 6. The van der Waals surface area contributed by atoms with Crippen molar-refractivity contribution in [2.45, 2.75) is 6.92 Å². The third-order valence-electron chi connectivity index (χ3n) is 5.33. The topological polar surface area (TPSA) is 141 Å². The Hall–Kier alpha value is -4.99. The summed E-state index contributed by atoms with van der Waals surface area (Å²) in [6.45, 7) is 1.75. The Morgan fingerprint density at radius 2 is 1.86 bits per heavy atom. The molecule has 0 radical (unpaired) electrons. The summed E-state index contributed by atoms with van der Waals surface area (Å²) in [6.07, 6.45) is 6.35. The first kappa shape index (κ1) is 21.8. The second-order valence-corrected chi connectivity index (χ2v) is 7.76. The normalized spacial score (nSPS) is 10.9. The zero-order valence-corrected chi connectivity index (χ0v) is 18.7. The number of aryl methyl sites for hydroxylation is 1. The Bertz CT molecular complexity index is 1560. The third kappa shape index (κ3) is 4.44. The molecule has 0 atom stereocenters. The fourth-order valence-corrected chi connectivity index (χ4v) is 3.68. The lowest BCUT2D eigenvalue weighted by molar-refractivity contribution is 0.0904. The van der Waals surface area contributed by atoms with Crippen LogP contribution in [0.2, 0.25) is 0 Å². The van der Waals surface area contributed by atoms with Crippen molar-refractivity contribution in [3.8, 4) is 22.8 Å². The molecule has 5 aromatic rings. The number of carbonyl (C=O) groups is 2. The molecule has 0 aliphatic rings. The largest absolute Gasteiger partial charge is 0.368 e. The van der Waals surface area contributed by atoms with Crippen LogP contribution in [-0.4, -0.2) is 47.6 Å². The number of Topliss-reactive ketones (excluding diaryl/α,β-unsaturated/α-hetero) is 1. The maximum atomic E-state index is 12.8. The lowest BCUT2D eigenvalue weighted by Crippen LogP contribution is -2.29. The lowest BCUT2D eigenvalue weighted by atomic mass is 10.1. The number of carbonyl (C=O) groups excluding carboxylic acids is 2. The molecule has 1 amide bonds. The van der Waals surface area contributed by atoms with Crippen LogP contribution in [0.1, 0.15) is 26.4 Å². The van der Waals surface area contributed by atoms with E-state index in [4.69, 9.17) is 10.7 Å². The highest BCUT2D eigenvalue weighted by molar-refractivity contribution is 6.02. The molecule has 3 N–H and O–H groups in total. The number of nitrogen functional groups attached to an aromatic ring is 1. The number of anilines is 1. The van der Waals surface area contributed by atoms with Crippen molar-refractivity contribution >= 4 is 23.3 Å². The van der Waals surface area contributed by atoms with Crippen molar-refractivity contribution in [3.05, 3.63) is 90.1 Å². The van der Waals surface area contributed by atoms with E-state index < -0.39 is 5.91 Å². The van der Waals surface area contributed by atoms with Crippen molar-refractivity contribution in [2.24, 2.45) is 0 Å². The smallest absolute Gasteiger partial charge is 0.251 e. The molecule has 5 heterocycles. The van der Waals surface area contributed by atoms with Crippen molar-refractivity contribution in [3.63, 3.8) is 0 Å². The third-order valence-corrected chi connectivity index (χ3v) is 5.33. The van der Waals surface area contributed by atoms with Crippen LogP contribution in [0.15, 0.2) is 73.3 Å². The molecular weight excluding hydrogens is 444 g/mol. The summed E-state index contributed by atoms with van der Waals surface area (Å²) < 4.78 is 1.82. The molecule has 10 nitrogen and oxygen atoms in total. The predicted molar refractivity (Wildman–Crippen MR) is 129 cm³/mol. The number of pyridine rings is 3. The molecule has 10 heteroatoms. The minimum absolute atomic E-state index is 0.134. The van der Waals surface area contributed by atoms with Gasteiger partial charge in [0.15, 0.2) is 5.78 Å². The van der Waals surface area contributed by atoms with E-state index in [0.717, 1.165) is 5.69 Å². The molecule has 172 valence electrons. The Labute approximate surface area is 199 Å². The van der Waals surface area contributed by atoms with Gasteiger partial charge in [-0.3, -0.25) is 24.0 Å². The van der Waals surface area contributed by atoms with E-state index in [1.54, 1.807) is 48.9 Å². The van der Waals surface area contributed by atoms with Gasteiger partial charge in [0.2, 0.25) is 5.95 Å². The number of nitrogens with two attached hydrogens (primary N) is 1. The lowest BCUT2D eigenvalue weighted by Gasteiger charge is -2.07. The van der Waals surface area contributed by atoms with Crippen LogP contribution >= 0.6 is 0 Å². The molecular formula is C25H20N8O2. The highest BCUT2D eigenvalue weighted by Crippen LogP contribution is 2.31. The maximum Gasteiger partial charge on any atom is 0.251 e. The summed E-state index contributed by atoms with van der Waals surface area (Å²) >= 11 is 0. The van der Waals surface area contributed by atoms with Gasteiger partial charge in [0.1, 0.15) is 17.0 Å². The van der Waals surface area contributed by atoms with E-state index in [1.807, 2.05) is 29.5 Å². The molecule has 0 aliphatic heterocycles. The maximum absolute atomic E-state index is 12.8. The van der Waals surface area contributed by atoms with Gasteiger partial charge >= 0.3 is 0 Å². The van der Waals surface area contributed by atoms with Gasteiger partial charge in [0, 0.05) is 41.6 Å². The molecule has 0 spiro atoms. The average molecular weight is 464 g/mol. The molecule has 0 saturated carbocycles. The Morgan fingerprint density at radius 3 is 2.63 bits per heavy atom. The summed E-state index contributed by atoms with van der Waals surface area (Å²) in [5, 5.41) is 2.66. The fourth-order valence-electron chi connectivity index (χ4n) is 3.68. The number of hydrogen-bond acceptors (Lipinski definition) is 8.